The zero-order valence-corrected chi connectivity index (χ0v) is 6.82. The molecule has 0 aliphatic rings. The minimum absolute atomic E-state index is 0.177. The van der Waals surface area contributed by atoms with E-state index >= 15 is 0 Å². The van der Waals surface area contributed by atoms with Crippen molar-refractivity contribution in [3.63, 3.8) is 0 Å². The van der Waals surface area contributed by atoms with E-state index in [1.807, 2.05) is 0 Å². The van der Waals surface area contributed by atoms with Gasteiger partial charge in [-0.3, -0.25) is 4.79 Å². The number of aldehydes is 1. The zero-order chi connectivity index (χ0) is 10.6. The number of pyridine rings is 1. The Kier molecular flexibility index (Phi) is 2.92. The van der Waals surface area contributed by atoms with Gasteiger partial charge in [-0.15, -0.1) is 0 Å². The molecule has 0 aromatic carbocycles. The third kappa shape index (κ3) is 2.14. The lowest BCUT2D eigenvalue weighted by Crippen LogP contribution is -2.03. The minimum Gasteiger partial charge on any atom is -0.478 e. The van der Waals surface area contributed by atoms with Gasteiger partial charge in [-0.1, -0.05) is 5.92 Å². The standard InChI is InChI=1S/C9H4FNO3/c10-8-7(9(13)14)4-6(5-11-8)2-1-3-12/h3-5H,(H,13,14). The third-order valence-corrected chi connectivity index (χ3v) is 1.34. The molecule has 0 amide bonds. The lowest BCUT2D eigenvalue weighted by Gasteiger charge is -1.95. The SMILES string of the molecule is O=CC#Cc1cnc(F)c(C(=O)O)c1. The molecule has 0 radical (unpaired) electrons. The first-order chi connectivity index (χ1) is 6.65. The van der Waals surface area contributed by atoms with Gasteiger partial charge in [-0.05, 0) is 12.0 Å². The molecule has 1 aromatic heterocycles. The Morgan fingerprint density at radius 1 is 1.64 bits per heavy atom. The summed E-state index contributed by atoms with van der Waals surface area (Å²) in [6.07, 6.45) is 1.40. The molecule has 1 aromatic rings. The van der Waals surface area contributed by atoms with Crippen molar-refractivity contribution in [2.24, 2.45) is 0 Å². The highest BCUT2D eigenvalue weighted by Gasteiger charge is 2.11. The van der Waals surface area contributed by atoms with Crippen molar-refractivity contribution in [1.29, 1.82) is 0 Å². The Labute approximate surface area is 78.4 Å². The average molecular weight is 193 g/mol. The van der Waals surface area contributed by atoms with E-state index in [2.05, 4.69) is 16.8 Å². The molecule has 1 heterocycles. The molecule has 4 nitrogen and oxygen atoms in total. The summed E-state index contributed by atoms with van der Waals surface area (Å²) in [5, 5.41) is 8.52. The van der Waals surface area contributed by atoms with Crippen molar-refractivity contribution in [1.82, 2.24) is 4.98 Å². The highest BCUT2D eigenvalue weighted by atomic mass is 19.1. The molecular formula is C9H4FNO3. The van der Waals surface area contributed by atoms with Crippen LogP contribution in [0.25, 0.3) is 0 Å². The number of halogens is 1. The first kappa shape index (κ1) is 9.86. The van der Waals surface area contributed by atoms with Crippen molar-refractivity contribution in [3.8, 4) is 11.8 Å². The summed E-state index contributed by atoms with van der Waals surface area (Å²) in [6, 6.07) is 1.02. The van der Waals surface area contributed by atoms with Crippen molar-refractivity contribution in [2.45, 2.75) is 0 Å². The smallest absolute Gasteiger partial charge is 0.340 e. The summed E-state index contributed by atoms with van der Waals surface area (Å²) in [6.45, 7) is 0. The fourth-order valence-corrected chi connectivity index (χ4v) is 0.779. The molecule has 5 heteroatoms. The number of carbonyl (C=O) groups excluding carboxylic acids is 1. The maximum atomic E-state index is 12.7. The number of aromatic nitrogens is 1. The van der Waals surface area contributed by atoms with Crippen LogP contribution in [0.5, 0.6) is 0 Å². The highest BCUT2D eigenvalue weighted by Crippen LogP contribution is 2.06. The predicted molar refractivity (Wildman–Crippen MR) is 44.1 cm³/mol. The number of carboxylic acid groups (broad SMARTS) is 1. The lowest BCUT2D eigenvalue weighted by atomic mass is 10.2. The fraction of sp³-hybridized carbons (Fsp3) is 0. The van der Waals surface area contributed by atoms with Crippen molar-refractivity contribution in [3.05, 3.63) is 29.3 Å². The Hall–Kier alpha value is -2.22. The molecule has 14 heavy (non-hydrogen) atoms. The van der Waals surface area contributed by atoms with Gasteiger partial charge in [0.1, 0.15) is 5.56 Å². The van der Waals surface area contributed by atoms with E-state index in [0.717, 1.165) is 12.3 Å². The number of hydrogen-bond acceptors (Lipinski definition) is 3. The topological polar surface area (TPSA) is 67.3 Å². The molecule has 0 atom stereocenters. The number of nitrogens with zero attached hydrogens (tertiary/aromatic N) is 1. The minimum atomic E-state index is -1.43. The first-order valence-corrected chi connectivity index (χ1v) is 3.49. The van der Waals surface area contributed by atoms with E-state index < -0.39 is 17.5 Å². The number of carboxylic acids is 1. The molecule has 1 N–H and O–H groups in total. The summed E-state index contributed by atoms with van der Waals surface area (Å²) in [5.41, 5.74) is -0.390. The first-order valence-electron chi connectivity index (χ1n) is 3.49. The van der Waals surface area contributed by atoms with E-state index in [4.69, 9.17) is 5.11 Å². The van der Waals surface area contributed by atoms with E-state index in [0.29, 0.717) is 6.29 Å². The molecule has 0 unspecified atom stereocenters. The van der Waals surface area contributed by atoms with Crippen LogP contribution in [0, 0.1) is 17.8 Å². The Balaban J connectivity index is 3.19. The molecular weight excluding hydrogens is 189 g/mol. The number of hydrogen-bond donors (Lipinski definition) is 1. The van der Waals surface area contributed by atoms with Gasteiger partial charge in [-0.25, -0.2) is 9.78 Å². The summed E-state index contributed by atoms with van der Waals surface area (Å²) >= 11 is 0. The third-order valence-electron chi connectivity index (χ3n) is 1.34. The monoisotopic (exact) mass is 193 g/mol. The maximum absolute atomic E-state index is 12.7. The van der Waals surface area contributed by atoms with Gasteiger partial charge in [0.05, 0.1) is 0 Å². The van der Waals surface area contributed by atoms with Gasteiger partial charge in [0.15, 0.2) is 6.29 Å². The molecule has 0 spiro atoms. The van der Waals surface area contributed by atoms with Gasteiger partial charge in [-0.2, -0.15) is 4.39 Å². The van der Waals surface area contributed by atoms with E-state index in [-0.39, 0.29) is 5.56 Å². The molecule has 0 aliphatic carbocycles. The Morgan fingerprint density at radius 3 is 2.93 bits per heavy atom. The van der Waals surface area contributed by atoms with Crippen LogP contribution in [0.15, 0.2) is 12.3 Å². The molecule has 1 rings (SSSR count). The second kappa shape index (κ2) is 4.14. The highest BCUT2D eigenvalue weighted by molar-refractivity contribution is 5.88. The average Bonchev–Trinajstić information content (AvgIpc) is 2.16. The van der Waals surface area contributed by atoms with Crippen LogP contribution in [0.4, 0.5) is 4.39 Å². The fourth-order valence-electron chi connectivity index (χ4n) is 0.779. The largest absolute Gasteiger partial charge is 0.478 e. The molecule has 0 bridgehead atoms. The van der Waals surface area contributed by atoms with Crippen LogP contribution in [-0.4, -0.2) is 22.3 Å². The van der Waals surface area contributed by atoms with Crippen LogP contribution >= 0.6 is 0 Å². The lowest BCUT2D eigenvalue weighted by molar-refractivity contribution is -0.103. The zero-order valence-electron chi connectivity index (χ0n) is 6.82. The molecule has 0 saturated heterocycles. The second-order valence-electron chi connectivity index (χ2n) is 2.25. The van der Waals surface area contributed by atoms with Crippen molar-refractivity contribution in [2.75, 3.05) is 0 Å². The van der Waals surface area contributed by atoms with Crippen LogP contribution in [0.1, 0.15) is 15.9 Å². The van der Waals surface area contributed by atoms with Crippen LogP contribution in [-0.2, 0) is 4.79 Å². The summed E-state index contributed by atoms with van der Waals surface area (Å²) in [5.74, 6) is 1.87. The van der Waals surface area contributed by atoms with Crippen LogP contribution in [0.2, 0.25) is 0 Å². The summed E-state index contributed by atoms with van der Waals surface area (Å²) in [4.78, 5) is 23.5. The van der Waals surface area contributed by atoms with E-state index in [1.165, 1.54) is 0 Å². The Bertz CT molecular complexity index is 445. The van der Waals surface area contributed by atoms with Gasteiger partial charge in [0.2, 0.25) is 5.95 Å². The van der Waals surface area contributed by atoms with Gasteiger partial charge in [0.25, 0.3) is 0 Å². The van der Waals surface area contributed by atoms with Gasteiger partial charge in [0, 0.05) is 11.8 Å². The molecule has 70 valence electrons. The predicted octanol–water partition coefficient (Wildman–Crippen LogP) is 0.469. The normalized spacial score (nSPS) is 8.64. The van der Waals surface area contributed by atoms with E-state index in [9.17, 15) is 14.0 Å². The quantitative estimate of drug-likeness (QED) is 0.400. The van der Waals surface area contributed by atoms with Gasteiger partial charge >= 0.3 is 5.97 Å². The molecule has 0 aliphatic heterocycles. The van der Waals surface area contributed by atoms with Crippen molar-refractivity contribution >= 4 is 12.3 Å². The van der Waals surface area contributed by atoms with Crippen molar-refractivity contribution < 1.29 is 19.1 Å². The molecule has 0 saturated carbocycles. The number of rotatable bonds is 1. The summed E-state index contributed by atoms with van der Waals surface area (Å²) in [7, 11) is 0. The number of carbonyl (C=O) groups is 2. The second-order valence-corrected chi connectivity index (χ2v) is 2.25. The maximum Gasteiger partial charge on any atom is 0.340 e. The number of aromatic carboxylic acids is 1. The summed E-state index contributed by atoms with van der Waals surface area (Å²) < 4.78 is 12.7. The molecule has 0 fully saturated rings. The van der Waals surface area contributed by atoms with Crippen LogP contribution in [0.3, 0.4) is 0 Å². The van der Waals surface area contributed by atoms with Gasteiger partial charge < -0.3 is 5.11 Å². The van der Waals surface area contributed by atoms with E-state index in [1.54, 1.807) is 0 Å². The Morgan fingerprint density at radius 2 is 2.36 bits per heavy atom. The van der Waals surface area contributed by atoms with Crippen LogP contribution < -0.4 is 0 Å².